The van der Waals surface area contributed by atoms with E-state index < -0.39 is 17.5 Å². The smallest absolute Gasteiger partial charge is 0.303 e. The molecule has 1 aliphatic heterocycles. The molecule has 2 aliphatic carbocycles. The highest BCUT2D eigenvalue weighted by Gasteiger charge is 2.67. The second kappa shape index (κ2) is 6.92. The molecule has 2 heterocycles. The van der Waals surface area contributed by atoms with Gasteiger partial charge in [0.25, 0.3) is 0 Å². The van der Waals surface area contributed by atoms with Crippen LogP contribution in [-0.4, -0.2) is 34.5 Å². The molecule has 3 aliphatic rings. The van der Waals surface area contributed by atoms with Crippen LogP contribution in [0.1, 0.15) is 71.0 Å². The van der Waals surface area contributed by atoms with Crippen LogP contribution in [0.15, 0.2) is 17.0 Å². The molecule has 1 spiro atoms. The Kier molecular flexibility index (Phi) is 4.96. The molecule has 0 unspecified atom stereocenters. The van der Waals surface area contributed by atoms with E-state index in [9.17, 15) is 4.79 Å². The molecule has 0 radical (unpaired) electrons. The summed E-state index contributed by atoms with van der Waals surface area (Å²) in [6.07, 6.45) is 4.65. The monoisotopic (exact) mass is 405 g/mol. The molecule has 0 N–H and O–H groups in total. The molecule has 4 rings (SSSR count). The van der Waals surface area contributed by atoms with Gasteiger partial charge in [-0.1, -0.05) is 19.9 Å². The minimum atomic E-state index is -0.716. The Hall–Kier alpha value is -1.24. The molecule has 5 nitrogen and oxygen atoms in total. The lowest BCUT2D eigenvalue weighted by Crippen LogP contribution is -2.62. The third kappa shape index (κ3) is 3.04. The zero-order chi connectivity index (χ0) is 20.3. The van der Waals surface area contributed by atoms with Gasteiger partial charge in [0, 0.05) is 24.1 Å². The van der Waals surface area contributed by atoms with Crippen molar-refractivity contribution in [2.24, 2.45) is 11.8 Å². The SMILES string of the molecule is CCc1nc([C@@H]2CC[C@@H](C)[C@]34OC(C)(C)O[C@H]3[C@H](OC(C)=O)C(C)=C[C@@H]24)cs1. The fraction of sp³-hybridized carbons (Fsp3) is 0.727. The van der Waals surface area contributed by atoms with E-state index in [1.807, 2.05) is 20.8 Å². The van der Waals surface area contributed by atoms with Crippen molar-refractivity contribution in [3.8, 4) is 0 Å². The number of ether oxygens (including phenoxy) is 3. The van der Waals surface area contributed by atoms with Crippen LogP contribution in [0.3, 0.4) is 0 Å². The number of aromatic nitrogens is 1. The van der Waals surface area contributed by atoms with Crippen LogP contribution < -0.4 is 0 Å². The van der Waals surface area contributed by atoms with Crippen LogP contribution in [0.2, 0.25) is 0 Å². The van der Waals surface area contributed by atoms with Crippen molar-refractivity contribution in [3.05, 3.63) is 27.7 Å². The summed E-state index contributed by atoms with van der Waals surface area (Å²) < 4.78 is 18.9. The predicted octanol–water partition coefficient (Wildman–Crippen LogP) is 4.62. The van der Waals surface area contributed by atoms with Gasteiger partial charge in [-0.15, -0.1) is 11.3 Å². The van der Waals surface area contributed by atoms with Gasteiger partial charge in [-0.05, 0) is 51.5 Å². The van der Waals surface area contributed by atoms with Gasteiger partial charge >= 0.3 is 5.97 Å². The van der Waals surface area contributed by atoms with Gasteiger partial charge in [0.05, 0.1) is 10.7 Å². The highest BCUT2D eigenvalue weighted by Crippen LogP contribution is 2.59. The average Bonchev–Trinajstić information content (AvgIpc) is 3.19. The Morgan fingerprint density at radius 1 is 1.39 bits per heavy atom. The first kappa shape index (κ1) is 20.0. The summed E-state index contributed by atoms with van der Waals surface area (Å²) >= 11 is 1.74. The van der Waals surface area contributed by atoms with E-state index in [0.717, 1.165) is 24.8 Å². The Morgan fingerprint density at radius 3 is 2.79 bits per heavy atom. The average molecular weight is 406 g/mol. The predicted molar refractivity (Wildman–Crippen MR) is 108 cm³/mol. The summed E-state index contributed by atoms with van der Waals surface area (Å²) in [5.74, 6) is -0.256. The maximum Gasteiger partial charge on any atom is 0.303 e. The summed E-state index contributed by atoms with van der Waals surface area (Å²) in [5, 5.41) is 3.39. The van der Waals surface area contributed by atoms with Crippen molar-refractivity contribution < 1.29 is 19.0 Å². The minimum Gasteiger partial charge on any atom is -0.455 e. The maximum absolute atomic E-state index is 11.8. The van der Waals surface area contributed by atoms with Crippen molar-refractivity contribution in [1.82, 2.24) is 4.98 Å². The summed E-state index contributed by atoms with van der Waals surface area (Å²) in [5.41, 5.74) is 1.70. The number of hydrogen-bond donors (Lipinski definition) is 0. The number of carbonyl (C=O) groups excluding carboxylic acids is 1. The number of nitrogens with zero attached hydrogens (tertiary/aromatic N) is 1. The molecular formula is C22H31NO4S. The van der Waals surface area contributed by atoms with E-state index in [0.29, 0.717) is 11.8 Å². The van der Waals surface area contributed by atoms with Crippen LogP contribution >= 0.6 is 11.3 Å². The number of thiazole rings is 1. The van der Waals surface area contributed by atoms with Crippen LogP contribution in [0.4, 0.5) is 0 Å². The van der Waals surface area contributed by atoms with Crippen LogP contribution in [0.5, 0.6) is 0 Å². The molecule has 1 saturated heterocycles. The van der Waals surface area contributed by atoms with Crippen molar-refractivity contribution in [1.29, 1.82) is 0 Å². The van der Waals surface area contributed by atoms with Crippen LogP contribution in [-0.2, 0) is 25.4 Å². The number of aryl methyl sites for hydroxylation is 1. The zero-order valence-corrected chi connectivity index (χ0v) is 18.5. The molecular weight excluding hydrogens is 374 g/mol. The van der Waals surface area contributed by atoms with Gasteiger partial charge in [0.2, 0.25) is 0 Å². The largest absolute Gasteiger partial charge is 0.455 e. The van der Waals surface area contributed by atoms with Crippen LogP contribution in [0.25, 0.3) is 0 Å². The Labute approximate surface area is 171 Å². The molecule has 6 atom stereocenters. The standard InChI is InChI=1S/C22H31NO4S/c1-7-18-23-17(11-28-18)15-9-8-13(3)22-16(15)10-12(2)19(25-14(4)24)20(22)26-21(5,6)27-22/h10-11,13,15-16,19-20H,7-9H2,1-6H3/t13-,15-,16+,19-,20+,22-/m1/s1. The lowest BCUT2D eigenvalue weighted by atomic mass is 9.57. The first-order valence-electron chi connectivity index (χ1n) is 10.4. The Bertz CT molecular complexity index is 800. The van der Waals surface area contributed by atoms with E-state index in [4.69, 9.17) is 19.2 Å². The lowest BCUT2D eigenvalue weighted by molar-refractivity contribution is -0.191. The quantitative estimate of drug-likeness (QED) is 0.543. The van der Waals surface area contributed by atoms with Crippen molar-refractivity contribution >= 4 is 17.3 Å². The van der Waals surface area contributed by atoms with E-state index in [1.54, 1.807) is 11.3 Å². The molecule has 0 bridgehead atoms. The third-order valence-corrected chi connectivity index (χ3v) is 7.64. The van der Waals surface area contributed by atoms with Gasteiger partial charge < -0.3 is 14.2 Å². The van der Waals surface area contributed by atoms with Gasteiger partial charge in [-0.25, -0.2) is 4.98 Å². The number of hydrogen-bond acceptors (Lipinski definition) is 6. The third-order valence-electron chi connectivity index (χ3n) is 6.62. The molecule has 1 aromatic heterocycles. The summed E-state index contributed by atoms with van der Waals surface area (Å²) in [6.45, 7) is 11.8. The van der Waals surface area contributed by atoms with Crippen molar-refractivity contribution in [2.75, 3.05) is 0 Å². The molecule has 0 aromatic carbocycles. The normalized spacial score (nSPS) is 39.1. The molecule has 6 heteroatoms. The Balaban J connectivity index is 1.82. The van der Waals surface area contributed by atoms with Gasteiger partial charge in [-0.3, -0.25) is 4.79 Å². The fourth-order valence-electron chi connectivity index (χ4n) is 5.51. The first-order chi connectivity index (χ1) is 13.2. The van der Waals surface area contributed by atoms with Crippen LogP contribution in [0, 0.1) is 11.8 Å². The zero-order valence-electron chi connectivity index (χ0n) is 17.7. The summed E-state index contributed by atoms with van der Waals surface area (Å²) in [7, 11) is 0. The highest BCUT2D eigenvalue weighted by molar-refractivity contribution is 7.09. The molecule has 1 aromatic rings. The van der Waals surface area contributed by atoms with Crippen molar-refractivity contribution in [3.63, 3.8) is 0 Å². The molecule has 1 saturated carbocycles. The second-order valence-electron chi connectivity index (χ2n) is 8.96. The van der Waals surface area contributed by atoms with E-state index >= 15 is 0 Å². The maximum atomic E-state index is 11.8. The number of esters is 1. The Morgan fingerprint density at radius 2 is 2.14 bits per heavy atom. The first-order valence-corrected chi connectivity index (χ1v) is 11.2. The summed E-state index contributed by atoms with van der Waals surface area (Å²) in [6, 6.07) is 0. The molecule has 0 amide bonds. The number of carbonyl (C=O) groups is 1. The molecule has 154 valence electrons. The van der Waals surface area contributed by atoms with Gasteiger partial charge in [0.15, 0.2) is 11.9 Å². The van der Waals surface area contributed by atoms with E-state index in [2.05, 4.69) is 25.3 Å². The van der Waals surface area contributed by atoms with Crippen molar-refractivity contribution in [2.45, 2.75) is 90.3 Å². The second-order valence-corrected chi connectivity index (χ2v) is 9.91. The van der Waals surface area contributed by atoms with E-state index in [1.165, 1.54) is 17.6 Å². The lowest BCUT2D eigenvalue weighted by Gasteiger charge is -2.53. The molecule has 28 heavy (non-hydrogen) atoms. The number of rotatable bonds is 3. The molecule has 2 fully saturated rings. The summed E-state index contributed by atoms with van der Waals surface area (Å²) in [4.78, 5) is 16.7. The van der Waals surface area contributed by atoms with Gasteiger partial charge in [0.1, 0.15) is 11.7 Å². The minimum absolute atomic E-state index is 0.154. The fourth-order valence-corrected chi connectivity index (χ4v) is 6.32. The highest BCUT2D eigenvalue weighted by atomic mass is 32.1. The topological polar surface area (TPSA) is 57.6 Å². The van der Waals surface area contributed by atoms with Gasteiger partial charge in [-0.2, -0.15) is 0 Å². The van der Waals surface area contributed by atoms with E-state index in [-0.39, 0.29) is 18.0 Å².